The first-order valence-electron chi connectivity index (χ1n) is 10.0. The number of nitrogen functional groups attached to an aromatic ring is 1. The van der Waals surface area contributed by atoms with E-state index in [2.05, 4.69) is 34.1 Å². The zero-order valence-corrected chi connectivity index (χ0v) is 18.1. The van der Waals surface area contributed by atoms with Gasteiger partial charge in [-0.25, -0.2) is 0 Å². The SMILES string of the molecule is Nc1cc(Cl)ccc1N1CCN(C(CO)c2ccccc2)C[C@H]1c1ccc(Cl)cc1. The van der Waals surface area contributed by atoms with Crippen LogP contribution in [0.5, 0.6) is 0 Å². The van der Waals surface area contributed by atoms with Crippen molar-refractivity contribution < 1.29 is 5.11 Å². The summed E-state index contributed by atoms with van der Waals surface area (Å²) in [4.78, 5) is 4.67. The van der Waals surface area contributed by atoms with Crippen molar-refractivity contribution in [2.75, 3.05) is 36.9 Å². The van der Waals surface area contributed by atoms with Crippen LogP contribution in [0.3, 0.4) is 0 Å². The van der Waals surface area contributed by atoms with E-state index in [0.29, 0.717) is 15.7 Å². The highest BCUT2D eigenvalue weighted by Gasteiger charge is 2.33. The molecule has 1 aliphatic rings. The summed E-state index contributed by atoms with van der Waals surface area (Å²) in [6.45, 7) is 2.42. The maximum absolute atomic E-state index is 10.2. The summed E-state index contributed by atoms with van der Waals surface area (Å²) in [5, 5.41) is 11.5. The Morgan fingerprint density at radius 3 is 2.30 bits per heavy atom. The average Bonchev–Trinajstić information content (AvgIpc) is 2.76. The first-order chi connectivity index (χ1) is 14.6. The molecule has 4 nitrogen and oxygen atoms in total. The molecule has 0 amide bonds. The van der Waals surface area contributed by atoms with E-state index in [-0.39, 0.29) is 18.7 Å². The smallest absolute Gasteiger partial charge is 0.0671 e. The highest BCUT2D eigenvalue weighted by atomic mass is 35.5. The number of halogens is 2. The van der Waals surface area contributed by atoms with Gasteiger partial charge < -0.3 is 15.7 Å². The summed E-state index contributed by atoms with van der Waals surface area (Å²) in [6.07, 6.45) is 0. The number of rotatable bonds is 5. The van der Waals surface area contributed by atoms with Crippen LogP contribution in [0, 0.1) is 0 Å². The second-order valence-electron chi connectivity index (χ2n) is 7.57. The summed E-state index contributed by atoms with van der Waals surface area (Å²) in [7, 11) is 0. The van der Waals surface area contributed by atoms with Crippen LogP contribution in [-0.2, 0) is 0 Å². The van der Waals surface area contributed by atoms with Gasteiger partial charge in [-0.15, -0.1) is 0 Å². The van der Waals surface area contributed by atoms with Gasteiger partial charge in [0.1, 0.15) is 0 Å². The van der Waals surface area contributed by atoms with Gasteiger partial charge in [0.25, 0.3) is 0 Å². The van der Waals surface area contributed by atoms with E-state index < -0.39 is 0 Å². The molecule has 1 unspecified atom stereocenters. The Hall–Kier alpha value is -2.24. The van der Waals surface area contributed by atoms with Crippen molar-refractivity contribution in [2.45, 2.75) is 12.1 Å². The summed E-state index contributed by atoms with van der Waals surface area (Å²) in [5.41, 5.74) is 10.2. The van der Waals surface area contributed by atoms with Crippen molar-refractivity contribution in [3.63, 3.8) is 0 Å². The lowest BCUT2D eigenvalue weighted by Crippen LogP contribution is -2.50. The number of nitrogens with zero attached hydrogens (tertiary/aromatic N) is 2. The lowest BCUT2D eigenvalue weighted by molar-refractivity contribution is 0.103. The topological polar surface area (TPSA) is 52.7 Å². The zero-order chi connectivity index (χ0) is 21.1. The third-order valence-electron chi connectivity index (χ3n) is 5.76. The normalized spacial score (nSPS) is 18.4. The fraction of sp³-hybridized carbons (Fsp3) is 0.250. The Labute approximate surface area is 187 Å². The number of aliphatic hydroxyl groups is 1. The van der Waals surface area contributed by atoms with E-state index >= 15 is 0 Å². The average molecular weight is 442 g/mol. The molecule has 0 bridgehead atoms. The minimum absolute atomic E-state index is 0.0503. The Balaban J connectivity index is 1.68. The summed E-state index contributed by atoms with van der Waals surface area (Å²) >= 11 is 12.3. The molecule has 6 heteroatoms. The molecule has 1 heterocycles. The number of aliphatic hydroxyl groups excluding tert-OH is 1. The molecular formula is C24H25Cl2N3O. The van der Waals surface area contributed by atoms with Crippen LogP contribution in [0.4, 0.5) is 11.4 Å². The molecule has 3 N–H and O–H groups in total. The van der Waals surface area contributed by atoms with E-state index in [9.17, 15) is 5.11 Å². The molecule has 30 heavy (non-hydrogen) atoms. The third kappa shape index (κ3) is 4.42. The Morgan fingerprint density at radius 2 is 1.63 bits per heavy atom. The molecule has 3 aromatic rings. The number of hydrogen-bond acceptors (Lipinski definition) is 4. The van der Waals surface area contributed by atoms with Crippen LogP contribution in [0.1, 0.15) is 23.2 Å². The highest BCUT2D eigenvalue weighted by Crippen LogP contribution is 2.37. The quantitative estimate of drug-likeness (QED) is 0.536. The van der Waals surface area contributed by atoms with Gasteiger partial charge in [-0.2, -0.15) is 0 Å². The van der Waals surface area contributed by atoms with Crippen molar-refractivity contribution in [1.29, 1.82) is 0 Å². The number of anilines is 2. The van der Waals surface area contributed by atoms with Crippen molar-refractivity contribution in [2.24, 2.45) is 0 Å². The van der Waals surface area contributed by atoms with Gasteiger partial charge in [0.05, 0.1) is 30.1 Å². The van der Waals surface area contributed by atoms with E-state index in [1.807, 2.05) is 42.5 Å². The molecule has 4 rings (SSSR count). The predicted molar refractivity (Wildman–Crippen MR) is 125 cm³/mol. The highest BCUT2D eigenvalue weighted by molar-refractivity contribution is 6.31. The number of benzene rings is 3. The van der Waals surface area contributed by atoms with Crippen molar-refractivity contribution >= 4 is 34.6 Å². The molecule has 1 saturated heterocycles. The maximum atomic E-state index is 10.2. The molecule has 1 fully saturated rings. The molecule has 0 aliphatic carbocycles. The third-order valence-corrected chi connectivity index (χ3v) is 6.25. The monoisotopic (exact) mass is 441 g/mol. The standard InChI is InChI=1S/C24H25Cl2N3O/c25-19-8-6-18(7-9-19)23-15-28(24(16-30)17-4-2-1-3-5-17)12-13-29(23)22-11-10-20(26)14-21(22)27/h1-11,14,23-24,30H,12-13,15-16,27H2/t23-,24?/m0/s1. The van der Waals surface area contributed by atoms with Crippen LogP contribution in [0.15, 0.2) is 72.8 Å². The van der Waals surface area contributed by atoms with Gasteiger partial charge in [-0.05, 0) is 41.5 Å². The molecule has 0 spiro atoms. The van der Waals surface area contributed by atoms with Crippen molar-refractivity contribution in [3.8, 4) is 0 Å². The molecule has 156 valence electrons. The minimum Gasteiger partial charge on any atom is -0.397 e. The molecule has 1 aliphatic heterocycles. The predicted octanol–water partition coefficient (Wildman–Crippen LogP) is 5.17. The number of nitrogens with two attached hydrogens (primary N) is 1. The first kappa shape index (κ1) is 21.0. The fourth-order valence-corrected chi connectivity index (χ4v) is 4.55. The second kappa shape index (κ2) is 9.27. The van der Waals surface area contributed by atoms with Crippen LogP contribution in [0.2, 0.25) is 10.0 Å². The van der Waals surface area contributed by atoms with Gasteiger partial charge in [-0.1, -0.05) is 65.7 Å². The molecule has 0 aromatic heterocycles. The molecule has 0 saturated carbocycles. The van der Waals surface area contributed by atoms with E-state index in [1.165, 1.54) is 0 Å². The molecular weight excluding hydrogens is 417 g/mol. The van der Waals surface area contributed by atoms with Crippen LogP contribution < -0.4 is 10.6 Å². The molecule has 2 atom stereocenters. The Morgan fingerprint density at radius 1 is 0.933 bits per heavy atom. The summed E-state index contributed by atoms with van der Waals surface area (Å²) in [6, 6.07) is 23.8. The van der Waals surface area contributed by atoms with Gasteiger partial charge in [0.15, 0.2) is 0 Å². The van der Waals surface area contributed by atoms with E-state index in [0.717, 1.165) is 36.4 Å². The van der Waals surface area contributed by atoms with E-state index in [4.69, 9.17) is 28.9 Å². The number of piperazine rings is 1. The first-order valence-corrected chi connectivity index (χ1v) is 10.8. The van der Waals surface area contributed by atoms with Crippen molar-refractivity contribution in [3.05, 3.63) is 94.0 Å². The lowest BCUT2D eigenvalue weighted by atomic mass is 9.98. The Bertz CT molecular complexity index is 982. The zero-order valence-electron chi connectivity index (χ0n) is 16.6. The summed E-state index contributed by atoms with van der Waals surface area (Å²) < 4.78 is 0. The van der Waals surface area contributed by atoms with Crippen LogP contribution in [0.25, 0.3) is 0 Å². The molecule has 0 radical (unpaired) electrons. The van der Waals surface area contributed by atoms with Crippen LogP contribution in [-0.4, -0.2) is 36.2 Å². The lowest BCUT2D eigenvalue weighted by Gasteiger charge is -2.46. The molecule has 3 aromatic carbocycles. The fourth-order valence-electron chi connectivity index (χ4n) is 4.24. The maximum Gasteiger partial charge on any atom is 0.0671 e. The van der Waals surface area contributed by atoms with E-state index in [1.54, 1.807) is 6.07 Å². The second-order valence-corrected chi connectivity index (χ2v) is 8.44. The Kier molecular flexibility index (Phi) is 6.49. The van der Waals surface area contributed by atoms with Gasteiger partial charge in [0, 0.05) is 29.7 Å². The van der Waals surface area contributed by atoms with Gasteiger partial charge >= 0.3 is 0 Å². The number of hydrogen-bond donors (Lipinski definition) is 2. The minimum atomic E-state index is -0.0503. The largest absolute Gasteiger partial charge is 0.397 e. The van der Waals surface area contributed by atoms with Crippen LogP contribution >= 0.6 is 23.2 Å². The summed E-state index contributed by atoms with van der Waals surface area (Å²) in [5.74, 6) is 0. The van der Waals surface area contributed by atoms with Gasteiger partial charge in [0.2, 0.25) is 0 Å². The van der Waals surface area contributed by atoms with Crippen molar-refractivity contribution in [1.82, 2.24) is 4.90 Å². The van der Waals surface area contributed by atoms with Gasteiger partial charge in [-0.3, -0.25) is 4.90 Å².